The molecule has 0 saturated carbocycles. The monoisotopic (exact) mass is 415 g/mol. The standard InChI is InChI=1S/C15H15Br2NOS/c1-9(2)11-5-3-10(4-6-11)8-18-15(19)12-7-13(16)20-14(12)17/h3-7,9H,8H2,1-2H3,(H,18,19). The van der Waals surface area contributed by atoms with Crippen molar-refractivity contribution < 1.29 is 4.79 Å². The number of halogens is 2. The Morgan fingerprint density at radius 2 is 1.90 bits per heavy atom. The predicted molar refractivity (Wildman–Crippen MR) is 91.4 cm³/mol. The Morgan fingerprint density at radius 3 is 2.40 bits per heavy atom. The highest BCUT2D eigenvalue weighted by atomic mass is 79.9. The summed E-state index contributed by atoms with van der Waals surface area (Å²) >= 11 is 8.27. The second kappa shape index (κ2) is 6.87. The molecule has 0 aliphatic heterocycles. The Kier molecular flexibility index (Phi) is 5.41. The van der Waals surface area contributed by atoms with Crippen LogP contribution in [0.4, 0.5) is 0 Å². The zero-order valence-corrected chi connectivity index (χ0v) is 15.2. The largest absolute Gasteiger partial charge is 0.348 e. The Balaban J connectivity index is 1.98. The molecule has 1 N–H and O–H groups in total. The van der Waals surface area contributed by atoms with Crippen LogP contribution in [0.3, 0.4) is 0 Å². The van der Waals surface area contributed by atoms with E-state index in [4.69, 9.17) is 0 Å². The Hall–Kier alpha value is -0.650. The van der Waals surface area contributed by atoms with E-state index in [-0.39, 0.29) is 5.91 Å². The Bertz CT molecular complexity index is 605. The van der Waals surface area contributed by atoms with Gasteiger partial charge in [-0.2, -0.15) is 0 Å². The summed E-state index contributed by atoms with van der Waals surface area (Å²) in [6.45, 7) is 4.88. The average Bonchev–Trinajstić information content (AvgIpc) is 2.75. The first kappa shape index (κ1) is 15.7. The highest BCUT2D eigenvalue weighted by Gasteiger charge is 2.13. The minimum absolute atomic E-state index is 0.0632. The molecule has 2 nitrogen and oxygen atoms in total. The minimum atomic E-state index is -0.0632. The van der Waals surface area contributed by atoms with Crippen LogP contribution in [0.25, 0.3) is 0 Å². The lowest BCUT2D eigenvalue weighted by atomic mass is 10.0. The summed E-state index contributed by atoms with van der Waals surface area (Å²) in [4.78, 5) is 12.1. The molecule has 20 heavy (non-hydrogen) atoms. The first-order valence-corrected chi connectivity index (χ1v) is 8.69. The zero-order chi connectivity index (χ0) is 14.7. The van der Waals surface area contributed by atoms with E-state index in [1.54, 1.807) is 0 Å². The number of rotatable bonds is 4. The second-order valence-electron chi connectivity index (χ2n) is 4.82. The quantitative estimate of drug-likeness (QED) is 0.717. The number of benzene rings is 1. The molecule has 2 aromatic rings. The summed E-state index contributed by atoms with van der Waals surface area (Å²) in [5, 5.41) is 2.93. The first-order valence-electron chi connectivity index (χ1n) is 6.29. The van der Waals surface area contributed by atoms with Crippen molar-refractivity contribution in [2.24, 2.45) is 0 Å². The van der Waals surface area contributed by atoms with Crippen LogP contribution in [-0.4, -0.2) is 5.91 Å². The van der Waals surface area contributed by atoms with E-state index >= 15 is 0 Å². The molecule has 1 aromatic heterocycles. The van der Waals surface area contributed by atoms with Crippen molar-refractivity contribution in [3.05, 3.63) is 54.6 Å². The molecular formula is C15H15Br2NOS. The molecule has 0 fully saturated rings. The van der Waals surface area contributed by atoms with Gasteiger partial charge >= 0.3 is 0 Å². The van der Waals surface area contributed by atoms with Gasteiger partial charge in [-0.05, 0) is 55.0 Å². The summed E-state index contributed by atoms with van der Waals surface area (Å²) in [6.07, 6.45) is 0. The summed E-state index contributed by atoms with van der Waals surface area (Å²) in [5.74, 6) is 0.463. The maximum Gasteiger partial charge on any atom is 0.253 e. The number of carbonyl (C=O) groups excluding carboxylic acids is 1. The highest BCUT2D eigenvalue weighted by molar-refractivity contribution is 9.12. The summed E-state index contributed by atoms with van der Waals surface area (Å²) < 4.78 is 1.79. The predicted octanol–water partition coefficient (Wildman–Crippen LogP) is 5.33. The fourth-order valence-electron chi connectivity index (χ4n) is 1.79. The molecular weight excluding hydrogens is 402 g/mol. The molecule has 0 atom stereocenters. The second-order valence-corrected chi connectivity index (χ2v) is 8.57. The van der Waals surface area contributed by atoms with E-state index in [0.29, 0.717) is 18.0 Å². The van der Waals surface area contributed by atoms with Crippen LogP contribution in [0.2, 0.25) is 0 Å². The van der Waals surface area contributed by atoms with Gasteiger partial charge in [-0.3, -0.25) is 4.79 Å². The van der Waals surface area contributed by atoms with E-state index in [9.17, 15) is 4.79 Å². The number of carbonyl (C=O) groups is 1. The number of hydrogen-bond acceptors (Lipinski definition) is 2. The van der Waals surface area contributed by atoms with Gasteiger partial charge in [0.05, 0.1) is 13.1 Å². The third-order valence-corrected chi connectivity index (χ3v) is 5.34. The number of nitrogens with one attached hydrogen (secondary N) is 1. The topological polar surface area (TPSA) is 29.1 Å². The van der Waals surface area contributed by atoms with Crippen molar-refractivity contribution in [3.63, 3.8) is 0 Å². The van der Waals surface area contributed by atoms with Crippen molar-refractivity contribution in [3.8, 4) is 0 Å². The Morgan fingerprint density at radius 1 is 1.25 bits per heavy atom. The van der Waals surface area contributed by atoms with Crippen LogP contribution < -0.4 is 5.32 Å². The smallest absolute Gasteiger partial charge is 0.253 e. The lowest BCUT2D eigenvalue weighted by Gasteiger charge is -2.08. The van der Waals surface area contributed by atoms with Gasteiger partial charge in [0.2, 0.25) is 0 Å². The van der Waals surface area contributed by atoms with Gasteiger partial charge in [0.15, 0.2) is 0 Å². The fraction of sp³-hybridized carbons (Fsp3) is 0.267. The van der Waals surface area contributed by atoms with Crippen LogP contribution in [-0.2, 0) is 6.54 Å². The molecule has 0 unspecified atom stereocenters. The van der Waals surface area contributed by atoms with Crippen LogP contribution in [0.15, 0.2) is 37.9 Å². The van der Waals surface area contributed by atoms with E-state index in [1.165, 1.54) is 16.9 Å². The van der Waals surface area contributed by atoms with E-state index in [1.807, 2.05) is 6.07 Å². The number of hydrogen-bond donors (Lipinski definition) is 1. The fourth-order valence-corrected chi connectivity index (χ4v) is 4.59. The number of amides is 1. The molecule has 1 aromatic carbocycles. The van der Waals surface area contributed by atoms with Gasteiger partial charge in [0, 0.05) is 6.54 Å². The van der Waals surface area contributed by atoms with Crippen molar-refractivity contribution in [2.45, 2.75) is 26.3 Å². The van der Waals surface area contributed by atoms with Gasteiger partial charge in [-0.15, -0.1) is 11.3 Å². The highest BCUT2D eigenvalue weighted by Crippen LogP contribution is 2.31. The molecule has 106 valence electrons. The zero-order valence-electron chi connectivity index (χ0n) is 11.2. The summed E-state index contributed by atoms with van der Waals surface area (Å²) in [5.41, 5.74) is 3.08. The van der Waals surface area contributed by atoms with Gasteiger partial charge in [-0.1, -0.05) is 38.1 Å². The lowest BCUT2D eigenvalue weighted by molar-refractivity contribution is 0.0950. The van der Waals surface area contributed by atoms with Crippen molar-refractivity contribution in [1.82, 2.24) is 5.32 Å². The normalized spacial score (nSPS) is 10.8. The maximum absolute atomic E-state index is 12.1. The van der Waals surface area contributed by atoms with E-state index in [2.05, 4.69) is 75.3 Å². The molecule has 2 rings (SSSR count). The van der Waals surface area contributed by atoms with Gasteiger partial charge < -0.3 is 5.32 Å². The van der Waals surface area contributed by atoms with Crippen LogP contribution >= 0.6 is 43.2 Å². The van der Waals surface area contributed by atoms with Crippen LogP contribution in [0.5, 0.6) is 0 Å². The van der Waals surface area contributed by atoms with Crippen molar-refractivity contribution >= 4 is 49.1 Å². The molecule has 0 spiro atoms. The molecule has 0 radical (unpaired) electrons. The molecule has 1 heterocycles. The van der Waals surface area contributed by atoms with Gasteiger partial charge in [-0.25, -0.2) is 0 Å². The third kappa shape index (κ3) is 3.93. The molecule has 1 amide bonds. The summed E-state index contributed by atoms with van der Waals surface area (Å²) in [7, 11) is 0. The van der Waals surface area contributed by atoms with Gasteiger partial charge in [0.25, 0.3) is 5.91 Å². The van der Waals surface area contributed by atoms with Crippen LogP contribution in [0, 0.1) is 0 Å². The Labute approximate surface area is 139 Å². The van der Waals surface area contributed by atoms with Crippen molar-refractivity contribution in [2.75, 3.05) is 0 Å². The molecule has 0 aliphatic carbocycles. The lowest BCUT2D eigenvalue weighted by Crippen LogP contribution is -2.22. The minimum Gasteiger partial charge on any atom is -0.348 e. The third-order valence-electron chi connectivity index (χ3n) is 3.00. The van der Waals surface area contributed by atoms with Crippen molar-refractivity contribution in [1.29, 1.82) is 0 Å². The molecule has 0 bridgehead atoms. The molecule has 5 heteroatoms. The average molecular weight is 417 g/mol. The molecule has 0 saturated heterocycles. The first-order chi connectivity index (χ1) is 9.47. The van der Waals surface area contributed by atoms with Crippen LogP contribution in [0.1, 0.15) is 41.3 Å². The maximum atomic E-state index is 12.1. The number of thiophene rings is 1. The van der Waals surface area contributed by atoms with Gasteiger partial charge in [0.1, 0.15) is 0 Å². The van der Waals surface area contributed by atoms with E-state index < -0.39 is 0 Å². The van der Waals surface area contributed by atoms with E-state index in [0.717, 1.165) is 13.1 Å². The molecule has 0 aliphatic rings. The summed E-state index contributed by atoms with van der Waals surface area (Å²) in [6, 6.07) is 10.2. The SMILES string of the molecule is CC(C)c1ccc(CNC(=O)c2cc(Br)sc2Br)cc1.